The molecule has 4 heteroatoms. The third-order valence-electron chi connectivity index (χ3n) is 3.67. The lowest BCUT2D eigenvalue weighted by Crippen LogP contribution is -2.29. The summed E-state index contributed by atoms with van der Waals surface area (Å²) in [6, 6.07) is 13.6. The van der Waals surface area contributed by atoms with Gasteiger partial charge in [0, 0.05) is 24.5 Å². The third-order valence-corrected chi connectivity index (χ3v) is 3.67. The molecule has 0 saturated carbocycles. The van der Waals surface area contributed by atoms with Gasteiger partial charge in [0.1, 0.15) is 5.75 Å². The van der Waals surface area contributed by atoms with Gasteiger partial charge in [-0.2, -0.15) is 0 Å². The number of phenols is 1. The van der Waals surface area contributed by atoms with Crippen LogP contribution in [0, 0.1) is 0 Å². The number of nitrogens with zero attached hydrogens (tertiary/aromatic N) is 1. The van der Waals surface area contributed by atoms with E-state index in [1.54, 1.807) is 6.07 Å². The van der Waals surface area contributed by atoms with E-state index in [1.807, 2.05) is 30.3 Å². The Labute approximate surface area is 125 Å². The van der Waals surface area contributed by atoms with Gasteiger partial charge in [-0.15, -0.1) is 12.4 Å². The van der Waals surface area contributed by atoms with E-state index in [0.29, 0.717) is 5.75 Å². The maximum Gasteiger partial charge on any atom is 0.115 e. The van der Waals surface area contributed by atoms with Crippen LogP contribution in [-0.2, 0) is 13.0 Å². The summed E-state index contributed by atoms with van der Waals surface area (Å²) < 4.78 is 0. The molecule has 1 heterocycles. The van der Waals surface area contributed by atoms with Gasteiger partial charge in [0.05, 0.1) is 0 Å². The molecular weight excluding hydrogens is 272 g/mol. The molecule has 1 aliphatic heterocycles. The highest BCUT2D eigenvalue weighted by atomic mass is 35.5. The van der Waals surface area contributed by atoms with Crippen molar-refractivity contribution < 1.29 is 5.11 Å². The molecular formula is C16H19ClN2O. The summed E-state index contributed by atoms with van der Waals surface area (Å²) in [5, 5.41) is 9.54. The van der Waals surface area contributed by atoms with Crippen LogP contribution in [0.15, 0.2) is 42.5 Å². The van der Waals surface area contributed by atoms with Crippen LogP contribution in [0.3, 0.4) is 0 Å². The van der Waals surface area contributed by atoms with E-state index in [9.17, 15) is 5.11 Å². The first-order chi connectivity index (χ1) is 9.24. The van der Waals surface area contributed by atoms with E-state index in [1.165, 1.54) is 11.3 Å². The summed E-state index contributed by atoms with van der Waals surface area (Å²) in [4.78, 5) is 2.34. The molecule has 2 aromatic carbocycles. The van der Waals surface area contributed by atoms with Crippen molar-refractivity contribution in [2.45, 2.75) is 19.4 Å². The minimum Gasteiger partial charge on any atom is -0.508 e. The zero-order valence-electron chi connectivity index (χ0n) is 11.2. The van der Waals surface area contributed by atoms with Crippen LogP contribution in [-0.4, -0.2) is 11.7 Å². The van der Waals surface area contributed by atoms with Crippen molar-refractivity contribution in [1.29, 1.82) is 0 Å². The number of nitrogens with two attached hydrogens (primary N) is 1. The number of nitrogen functional groups attached to an aromatic ring is 1. The zero-order valence-corrected chi connectivity index (χ0v) is 12.1. The van der Waals surface area contributed by atoms with Crippen LogP contribution in [0.4, 0.5) is 11.4 Å². The number of hydrogen-bond donors (Lipinski definition) is 2. The molecule has 0 unspecified atom stereocenters. The first kappa shape index (κ1) is 14.5. The Morgan fingerprint density at radius 3 is 2.75 bits per heavy atom. The number of benzene rings is 2. The molecule has 3 nitrogen and oxygen atoms in total. The Morgan fingerprint density at radius 1 is 1.15 bits per heavy atom. The van der Waals surface area contributed by atoms with Gasteiger partial charge in [0.25, 0.3) is 0 Å². The molecule has 2 aromatic rings. The molecule has 0 aromatic heterocycles. The molecule has 3 N–H and O–H groups in total. The number of rotatable bonds is 2. The molecule has 0 radical (unpaired) electrons. The summed E-state index contributed by atoms with van der Waals surface area (Å²) in [6.07, 6.45) is 2.18. The van der Waals surface area contributed by atoms with Gasteiger partial charge in [-0.25, -0.2) is 0 Å². The maximum atomic E-state index is 9.54. The molecule has 0 amide bonds. The van der Waals surface area contributed by atoms with Crippen LogP contribution in [0.5, 0.6) is 5.75 Å². The number of phenolic OH excluding ortho intramolecular Hbond substituents is 1. The summed E-state index contributed by atoms with van der Waals surface area (Å²) in [6.45, 7) is 1.84. The van der Waals surface area contributed by atoms with E-state index >= 15 is 0 Å². The fourth-order valence-corrected chi connectivity index (χ4v) is 2.77. The van der Waals surface area contributed by atoms with Gasteiger partial charge in [0.2, 0.25) is 0 Å². The lowest BCUT2D eigenvalue weighted by molar-refractivity contribution is 0.474. The van der Waals surface area contributed by atoms with Crippen LogP contribution < -0.4 is 10.6 Å². The summed E-state index contributed by atoms with van der Waals surface area (Å²) in [5.74, 6) is 0.322. The first-order valence-electron chi connectivity index (χ1n) is 6.64. The topological polar surface area (TPSA) is 49.5 Å². The quantitative estimate of drug-likeness (QED) is 0.834. The van der Waals surface area contributed by atoms with Gasteiger partial charge in [-0.3, -0.25) is 0 Å². The predicted molar refractivity (Wildman–Crippen MR) is 85.6 cm³/mol. The first-order valence-corrected chi connectivity index (χ1v) is 6.64. The maximum absolute atomic E-state index is 9.54. The van der Waals surface area contributed by atoms with Crippen LogP contribution in [0.2, 0.25) is 0 Å². The predicted octanol–water partition coefficient (Wildman–Crippen LogP) is 3.35. The SMILES string of the molecule is Cl.Nc1cccc2c1CCCN2Cc1cccc(O)c1. The van der Waals surface area contributed by atoms with Gasteiger partial charge in [0.15, 0.2) is 0 Å². The highest BCUT2D eigenvalue weighted by Gasteiger charge is 2.18. The molecule has 0 fully saturated rings. The zero-order chi connectivity index (χ0) is 13.2. The van der Waals surface area contributed by atoms with Crippen molar-refractivity contribution in [3.05, 3.63) is 53.6 Å². The molecule has 3 rings (SSSR count). The fraction of sp³-hybridized carbons (Fsp3) is 0.250. The molecule has 0 bridgehead atoms. The minimum atomic E-state index is 0. The summed E-state index contributed by atoms with van der Waals surface area (Å²) >= 11 is 0. The van der Waals surface area contributed by atoms with Crippen molar-refractivity contribution in [2.75, 3.05) is 17.2 Å². The van der Waals surface area contributed by atoms with Gasteiger partial charge < -0.3 is 15.7 Å². The average Bonchev–Trinajstić information content (AvgIpc) is 2.40. The molecule has 1 aliphatic rings. The molecule has 20 heavy (non-hydrogen) atoms. The Balaban J connectivity index is 0.00000147. The summed E-state index contributed by atoms with van der Waals surface area (Å²) in [7, 11) is 0. The van der Waals surface area contributed by atoms with Gasteiger partial charge in [-0.1, -0.05) is 18.2 Å². The van der Waals surface area contributed by atoms with Gasteiger partial charge >= 0.3 is 0 Å². The minimum absolute atomic E-state index is 0. The molecule has 106 valence electrons. The highest BCUT2D eigenvalue weighted by Crippen LogP contribution is 2.32. The average molecular weight is 291 g/mol. The standard InChI is InChI=1S/C16H18N2O.ClH/c17-15-7-2-8-16-14(15)6-3-9-18(16)11-12-4-1-5-13(19)10-12;/h1-2,4-5,7-8,10,19H,3,6,9,11,17H2;1H. The van der Waals surface area contributed by atoms with Crippen molar-refractivity contribution in [1.82, 2.24) is 0 Å². The second-order valence-corrected chi connectivity index (χ2v) is 5.04. The Hall–Kier alpha value is -1.87. The molecule has 0 saturated heterocycles. The Morgan fingerprint density at radius 2 is 1.95 bits per heavy atom. The van der Waals surface area contributed by atoms with Crippen molar-refractivity contribution >= 4 is 23.8 Å². The van der Waals surface area contributed by atoms with Crippen molar-refractivity contribution in [3.8, 4) is 5.75 Å². The number of halogens is 1. The monoisotopic (exact) mass is 290 g/mol. The lowest BCUT2D eigenvalue weighted by Gasteiger charge is -2.32. The van der Waals surface area contributed by atoms with E-state index < -0.39 is 0 Å². The smallest absolute Gasteiger partial charge is 0.115 e. The van der Waals surface area contributed by atoms with Crippen LogP contribution >= 0.6 is 12.4 Å². The number of hydrogen-bond acceptors (Lipinski definition) is 3. The number of aromatic hydroxyl groups is 1. The lowest BCUT2D eigenvalue weighted by atomic mass is 9.99. The number of anilines is 2. The normalized spacial score (nSPS) is 13.5. The molecule has 0 spiro atoms. The third kappa shape index (κ3) is 2.83. The second-order valence-electron chi connectivity index (χ2n) is 5.04. The largest absolute Gasteiger partial charge is 0.508 e. The van der Waals surface area contributed by atoms with Crippen molar-refractivity contribution in [3.63, 3.8) is 0 Å². The summed E-state index contributed by atoms with van der Waals surface area (Å²) in [5.41, 5.74) is 10.6. The molecule has 0 atom stereocenters. The highest BCUT2D eigenvalue weighted by molar-refractivity contribution is 5.85. The van der Waals surface area contributed by atoms with E-state index in [2.05, 4.69) is 11.0 Å². The second kappa shape index (κ2) is 6.06. The van der Waals surface area contributed by atoms with E-state index in [0.717, 1.165) is 37.2 Å². The fourth-order valence-electron chi connectivity index (χ4n) is 2.77. The number of fused-ring (bicyclic) bond motifs is 1. The van der Waals surface area contributed by atoms with Crippen LogP contribution in [0.25, 0.3) is 0 Å². The Bertz CT molecular complexity index is 601. The van der Waals surface area contributed by atoms with E-state index in [-0.39, 0.29) is 12.4 Å². The van der Waals surface area contributed by atoms with Crippen LogP contribution in [0.1, 0.15) is 17.5 Å². The van der Waals surface area contributed by atoms with Crippen molar-refractivity contribution in [2.24, 2.45) is 0 Å². The van der Waals surface area contributed by atoms with Gasteiger partial charge in [-0.05, 0) is 48.2 Å². The Kier molecular flexibility index (Phi) is 4.40. The van der Waals surface area contributed by atoms with E-state index in [4.69, 9.17) is 5.73 Å². The molecule has 0 aliphatic carbocycles.